The third kappa shape index (κ3) is 3.34. The molecule has 1 N–H and O–H groups in total. The minimum atomic E-state index is 0.0437. The summed E-state index contributed by atoms with van der Waals surface area (Å²) in [7, 11) is 3.52. The Balaban J connectivity index is 2.12. The average molecular weight is 277 g/mol. The predicted molar refractivity (Wildman–Crippen MR) is 74.3 cm³/mol. The van der Waals surface area contributed by atoms with Gasteiger partial charge in [0.1, 0.15) is 5.75 Å². The van der Waals surface area contributed by atoms with Gasteiger partial charge in [0.05, 0.1) is 20.3 Å². The van der Waals surface area contributed by atoms with Crippen molar-refractivity contribution in [2.45, 2.75) is 19.5 Å². The first-order valence-corrected chi connectivity index (χ1v) is 6.42. The fourth-order valence-electron chi connectivity index (χ4n) is 1.71. The van der Waals surface area contributed by atoms with Crippen LogP contribution in [0.3, 0.4) is 0 Å². The van der Waals surface area contributed by atoms with Gasteiger partial charge >= 0.3 is 0 Å². The molecule has 1 unspecified atom stereocenters. The largest absolute Gasteiger partial charge is 0.497 e. The lowest BCUT2D eigenvalue weighted by molar-refractivity contribution is 0.142. The molecular formula is C14H19N3O3. The number of hydrogen-bond acceptors (Lipinski definition) is 6. The minimum absolute atomic E-state index is 0.0437. The second kappa shape index (κ2) is 6.49. The molecule has 2 aromatic rings. The quantitative estimate of drug-likeness (QED) is 0.864. The molecule has 6 nitrogen and oxygen atoms in total. The van der Waals surface area contributed by atoms with Crippen molar-refractivity contribution in [2.24, 2.45) is 0 Å². The Labute approximate surface area is 118 Å². The molecule has 0 fully saturated rings. The van der Waals surface area contributed by atoms with Crippen molar-refractivity contribution >= 4 is 0 Å². The Hall–Kier alpha value is -1.92. The fraction of sp³-hybridized carbons (Fsp3) is 0.429. The summed E-state index contributed by atoms with van der Waals surface area (Å²) in [5.41, 5.74) is 0.845. The van der Waals surface area contributed by atoms with Crippen LogP contribution in [0.25, 0.3) is 11.4 Å². The Bertz CT molecular complexity index is 556. The maximum absolute atomic E-state index is 9.10. The minimum Gasteiger partial charge on any atom is -0.497 e. The van der Waals surface area contributed by atoms with Crippen LogP contribution in [-0.4, -0.2) is 47.0 Å². The van der Waals surface area contributed by atoms with Crippen LogP contribution < -0.4 is 4.74 Å². The lowest BCUT2D eigenvalue weighted by Gasteiger charge is -2.20. The van der Waals surface area contributed by atoms with E-state index in [0.717, 1.165) is 11.3 Å². The zero-order chi connectivity index (χ0) is 14.5. The van der Waals surface area contributed by atoms with Crippen molar-refractivity contribution in [2.75, 3.05) is 20.8 Å². The number of ether oxygens (including phenoxy) is 1. The van der Waals surface area contributed by atoms with E-state index in [-0.39, 0.29) is 12.6 Å². The molecule has 1 atom stereocenters. The summed E-state index contributed by atoms with van der Waals surface area (Å²) < 4.78 is 10.4. The molecule has 2 rings (SSSR count). The lowest BCUT2D eigenvalue weighted by Crippen LogP contribution is -2.31. The van der Waals surface area contributed by atoms with E-state index in [1.54, 1.807) is 7.11 Å². The van der Waals surface area contributed by atoms with Crippen LogP contribution in [0.4, 0.5) is 0 Å². The second-order valence-corrected chi connectivity index (χ2v) is 4.69. The van der Waals surface area contributed by atoms with Gasteiger partial charge in [0, 0.05) is 11.6 Å². The first-order chi connectivity index (χ1) is 9.63. The third-order valence-corrected chi connectivity index (χ3v) is 3.20. The van der Waals surface area contributed by atoms with Crippen LogP contribution in [0.15, 0.2) is 28.8 Å². The Morgan fingerprint density at radius 1 is 1.45 bits per heavy atom. The number of aromatic nitrogens is 2. The lowest BCUT2D eigenvalue weighted by atomic mass is 10.2. The van der Waals surface area contributed by atoms with Crippen molar-refractivity contribution in [1.82, 2.24) is 15.0 Å². The summed E-state index contributed by atoms with van der Waals surface area (Å²) in [6.07, 6.45) is 0. The number of methoxy groups -OCH3 is 1. The fourth-order valence-corrected chi connectivity index (χ4v) is 1.71. The van der Waals surface area contributed by atoms with Crippen molar-refractivity contribution in [3.8, 4) is 17.1 Å². The van der Waals surface area contributed by atoms with E-state index < -0.39 is 0 Å². The van der Waals surface area contributed by atoms with E-state index in [1.807, 2.05) is 43.1 Å². The molecular weight excluding hydrogens is 258 g/mol. The maximum Gasteiger partial charge on any atom is 0.241 e. The van der Waals surface area contributed by atoms with Gasteiger partial charge in [-0.15, -0.1) is 0 Å². The first-order valence-electron chi connectivity index (χ1n) is 6.42. The van der Waals surface area contributed by atoms with Crippen molar-refractivity contribution in [3.63, 3.8) is 0 Å². The van der Waals surface area contributed by atoms with Gasteiger partial charge in [0.15, 0.2) is 0 Å². The summed E-state index contributed by atoms with van der Waals surface area (Å²) in [5.74, 6) is 1.80. The summed E-state index contributed by atoms with van der Waals surface area (Å²) in [6.45, 7) is 2.52. The van der Waals surface area contributed by atoms with Crippen LogP contribution in [-0.2, 0) is 6.54 Å². The van der Waals surface area contributed by atoms with E-state index in [9.17, 15) is 0 Å². The number of benzene rings is 1. The third-order valence-electron chi connectivity index (χ3n) is 3.20. The van der Waals surface area contributed by atoms with Crippen LogP contribution in [0.2, 0.25) is 0 Å². The summed E-state index contributed by atoms with van der Waals surface area (Å²) >= 11 is 0. The van der Waals surface area contributed by atoms with Crippen molar-refractivity contribution in [3.05, 3.63) is 30.2 Å². The highest BCUT2D eigenvalue weighted by atomic mass is 16.5. The Morgan fingerprint density at radius 2 is 2.25 bits per heavy atom. The molecule has 0 aliphatic carbocycles. The molecule has 6 heteroatoms. The molecule has 0 spiro atoms. The zero-order valence-corrected chi connectivity index (χ0v) is 11.9. The van der Waals surface area contributed by atoms with E-state index in [1.165, 1.54) is 0 Å². The van der Waals surface area contributed by atoms with Crippen LogP contribution in [0, 0.1) is 0 Å². The first kappa shape index (κ1) is 14.5. The maximum atomic E-state index is 9.10. The Kier molecular flexibility index (Phi) is 4.70. The average Bonchev–Trinajstić information content (AvgIpc) is 2.94. The van der Waals surface area contributed by atoms with Gasteiger partial charge in [-0.25, -0.2) is 0 Å². The molecule has 0 saturated carbocycles. The molecule has 0 aliphatic rings. The molecule has 0 amide bonds. The zero-order valence-electron chi connectivity index (χ0n) is 11.9. The Morgan fingerprint density at radius 3 is 2.95 bits per heavy atom. The van der Waals surface area contributed by atoms with Gasteiger partial charge in [-0.2, -0.15) is 4.98 Å². The second-order valence-electron chi connectivity index (χ2n) is 4.69. The summed E-state index contributed by atoms with van der Waals surface area (Å²) in [5, 5.41) is 13.1. The molecule has 0 radical (unpaired) electrons. The predicted octanol–water partition coefficient (Wildman–Crippen LogP) is 1.56. The topological polar surface area (TPSA) is 71.6 Å². The highest BCUT2D eigenvalue weighted by Gasteiger charge is 2.14. The van der Waals surface area contributed by atoms with E-state index in [0.29, 0.717) is 18.3 Å². The van der Waals surface area contributed by atoms with Gasteiger partial charge < -0.3 is 14.4 Å². The molecule has 0 aliphatic heterocycles. The SMILES string of the molecule is COc1cccc(-c2noc(CN(C)C(C)CO)n2)c1. The highest BCUT2D eigenvalue weighted by molar-refractivity contribution is 5.56. The molecule has 0 bridgehead atoms. The van der Waals surface area contributed by atoms with Crippen molar-refractivity contribution in [1.29, 1.82) is 0 Å². The molecule has 1 heterocycles. The molecule has 20 heavy (non-hydrogen) atoms. The monoisotopic (exact) mass is 277 g/mol. The van der Waals surface area contributed by atoms with E-state index >= 15 is 0 Å². The number of aliphatic hydroxyl groups excluding tert-OH is 1. The highest BCUT2D eigenvalue weighted by Crippen LogP contribution is 2.21. The van der Waals surface area contributed by atoms with Crippen LogP contribution in [0.1, 0.15) is 12.8 Å². The standard InChI is InChI=1S/C14H19N3O3/c1-10(9-18)17(2)8-13-15-14(16-20-13)11-5-4-6-12(7-11)19-3/h4-7,10,18H,8-9H2,1-3H3. The summed E-state index contributed by atoms with van der Waals surface area (Å²) in [4.78, 5) is 6.30. The number of likely N-dealkylation sites (N-methyl/N-ethyl adjacent to an activating group) is 1. The van der Waals surface area contributed by atoms with Crippen LogP contribution in [0.5, 0.6) is 5.75 Å². The smallest absolute Gasteiger partial charge is 0.241 e. The van der Waals surface area contributed by atoms with Gasteiger partial charge in [-0.3, -0.25) is 4.90 Å². The molecule has 0 saturated heterocycles. The van der Waals surface area contributed by atoms with E-state index in [4.69, 9.17) is 14.4 Å². The van der Waals surface area contributed by atoms with E-state index in [2.05, 4.69) is 10.1 Å². The number of hydrogen-bond donors (Lipinski definition) is 1. The summed E-state index contributed by atoms with van der Waals surface area (Å²) in [6, 6.07) is 7.54. The normalized spacial score (nSPS) is 12.7. The van der Waals surface area contributed by atoms with Gasteiger partial charge in [0.2, 0.25) is 11.7 Å². The molecule has 1 aromatic carbocycles. The van der Waals surface area contributed by atoms with Gasteiger partial charge in [-0.05, 0) is 26.1 Å². The molecule has 108 valence electrons. The molecule has 1 aromatic heterocycles. The van der Waals surface area contributed by atoms with Crippen LogP contribution >= 0.6 is 0 Å². The number of aliphatic hydroxyl groups is 1. The number of rotatable bonds is 6. The van der Waals surface area contributed by atoms with Gasteiger partial charge in [-0.1, -0.05) is 17.3 Å². The van der Waals surface area contributed by atoms with Crippen molar-refractivity contribution < 1.29 is 14.4 Å². The van der Waals surface area contributed by atoms with Gasteiger partial charge in [0.25, 0.3) is 0 Å². The number of nitrogens with zero attached hydrogens (tertiary/aromatic N) is 3.